The normalized spacial score (nSPS) is 42.4. The van der Waals surface area contributed by atoms with Crippen LogP contribution in [-0.4, -0.2) is 56.3 Å². The number of hydrogen-bond acceptors (Lipinski definition) is 4. The maximum Gasteiger partial charge on any atom is 0.220 e. The summed E-state index contributed by atoms with van der Waals surface area (Å²) in [6, 6.07) is -0.287. The first-order valence-electron chi connectivity index (χ1n) is 8.25. The van der Waals surface area contributed by atoms with Crippen molar-refractivity contribution in [2.45, 2.75) is 47.8 Å². The minimum absolute atomic E-state index is 0.160. The Balaban J connectivity index is 1.69. The Morgan fingerprint density at radius 3 is 1.62 bits per heavy atom. The maximum absolute atomic E-state index is 12.3. The molecule has 0 spiro atoms. The van der Waals surface area contributed by atoms with E-state index in [-0.39, 0.29) is 24.2 Å². The number of nitrogens with zero attached hydrogens (tertiary/aromatic N) is 2. The molecule has 0 aromatic heterocycles. The van der Waals surface area contributed by atoms with E-state index < -0.39 is 22.3 Å². The first-order valence-corrected chi connectivity index (χ1v) is 9.12. The number of allylic oxidation sites excluding steroid dienone is 4. The van der Waals surface area contributed by atoms with Crippen molar-refractivity contribution in [1.29, 1.82) is 0 Å². The third-order valence-electron chi connectivity index (χ3n) is 5.92. The van der Waals surface area contributed by atoms with E-state index >= 15 is 0 Å². The first kappa shape index (κ1) is 14.8. The number of carbonyl (C=O) groups excluding carboxylic acids is 2. The van der Waals surface area contributed by atoms with Crippen LogP contribution < -0.4 is 0 Å². The zero-order valence-electron chi connectivity index (χ0n) is 12.8. The van der Waals surface area contributed by atoms with Crippen molar-refractivity contribution in [3.05, 3.63) is 47.9 Å². The summed E-state index contributed by atoms with van der Waals surface area (Å²) in [7, 11) is 0. The van der Waals surface area contributed by atoms with Crippen LogP contribution in [0.4, 0.5) is 0 Å². The fourth-order valence-corrected chi connectivity index (χ4v) is 5.71. The Kier molecular flexibility index (Phi) is 3.08. The molecule has 3 fully saturated rings. The number of alkyl halides is 2. The molecule has 1 saturated heterocycles. The van der Waals surface area contributed by atoms with Crippen LogP contribution in [0.3, 0.4) is 0 Å². The summed E-state index contributed by atoms with van der Waals surface area (Å²) in [6.45, 7) is 0. The Hall–Kier alpha value is -1.52. The van der Waals surface area contributed by atoms with E-state index in [0.29, 0.717) is 0 Å². The van der Waals surface area contributed by atoms with Crippen molar-refractivity contribution in [2.75, 3.05) is 0 Å². The second kappa shape index (κ2) is 4.99. The molecule has 0 radical (unpaired) electrons. The van der Waals surface area contributed by atoms with Gasteiger partial charge in [-0.2, -0.15) is 0 Å². The van der Waals surface area contributed by atoms with E-state index in [9.17, 15) is 9.59 Å². The molecule has 2 saturated carbocycles. The van der Waals surface area contributed by atoms with Crippen LogP contribution in [0.15, 0.2) is 47.9 Å². The van der Waals surface area contributed by atoms with Gasteiger partial charge in [0.25, 0.3) is 0 Å². The highest BCUT2D eigenvalue weighted by molar-refractivity contribution is 6.57. The molecular formula is C18H16Cl2N2O2. The molecule has 5 aliphatic rings. The van der Waals surface area contributed by atoms with Crippen molar-refractivity contribution in [1.82, 2.24) is 9.80 Å². The lowest BCUT2D eigenvalue weighted by atomic mass is 9.71. The molecule has 6 unspecified atom stereocenters. The average molecular weight is 363 g/mol. The largest absolute Gasteiger partial charge is 0.361 e. The quantitative estimate of drug-likeness (QED) is 0.489. The summed E-state index contributed by atoms with van der Waals surface area (Å²) in [6.07, 6.45) is 14.4. The lowest BCUT2D eigenvalue weighted by molar-refractivity contribution is -0.142. The van der Waals surface area contributed by atoms with E-state index in [1.165, 1.54) is 11.1 Å². The number of rotatable bonds is 0. The predicted octanol–water partition coefficient (Wildman–Crippen LogP) is 2.15. The number of Topliss-reactive ketones (excluding diaryl/α,β-unsaturated/α-hetero) is 2. The molecule has 24 heavy (non-hydrogen) atoms. The summed E-state index contributed by atoms with van der Waals surface area (Å²) in [4.78, 5) is 29.0. The number of carbonyl (C=O) groups is 2. The van der Waals surface area contributed by atoms with Gasteiger partial charge in [0, 0.05) is 12.4 Å². The van der Waals surface area contributed by atoms with Crippen molar-refractivity contribution in [3.63, 3.8) is 0 Å². The van der Waals surface area contributed by atoms with Crippen LogP contribution in [0.25, 0.3) is 0 Å². The van der Waals surface area contributed by atoms with Gasteiger partial charge in [0.2, 0.25) is 11.6 Å². The van der Waals surface area contributed by atoms with Gasteiger partial charge >= 0.3 is 0 Å². The van der Waals surface area contributed by atoms with E-state index in [4.69, 9.17) is 23.2 Å². The van der Waals surface area contributed by atoms with E-state index in [2.05, 4.69) is 22.0 Å². The monoisotopic (exact) mass is 362 g/mol. The molecule has 0 bridgehead atoms. The Labute approximate surface area is 150 Å². The molecule has 0 amide bonds. The van der Waals surface area contributed by atoms with E-state index in [0.717, 1.165) is 12.8 Å². The predicted molar refractivity (Wildman–Crippen MR) is 91.8 cm³/mol. The molecule has 6 atom stereocenters. The second-order valence-corrected chi connectivity index (χ2v) is 7.90. The van der Waals surface area contributed by atoms with Crippen molar-refractivity contribution < 1.29 is 9.59 Å². The molecule has 5 rings (SSSR count). The molecule has 3 heterocycles. The summed E-state index contributed by atoms with van der Waals surface area (Å²) in [5, 5.41) is -1.74. The molecule has 2 aliphatic carbocycles. The van der Waals surface area contributed by atoms with Gasteiger partial charge in [0.05, 0.1) is 24.2 Å². The molecule has 0 N–H and O–H groups in total. The van der Waals surface area contributed by atoms with Crippen molar-refractivity contribution in [2.24, 2.45) is 0 Å². The smallest absolute Gasteiger partial charge is 0.220 e. The molecule has 6 heteroatoms. The van der Waals surface area contributed by atoms with Crippen molar-refractivity contribution >= 4 is 34.8 Å². The highest BCUT2D eigenvalue weighted by Crippen LogP contribution is 2.47. The molecule has 0 aromatic rings. The number of fused-ring (bicyclic) bond motifs is 3. The zero-order valence-corrected chi connectivity index (χ0v) is 14.3. The fraction of sp³-hybridized carbons (Fsp3) is 0.444. The molecule has 4 nitrogen and oxygen atoms in total. The summed E-state index contributed by atoms with van der Waals surface area (Å²) in [5.74, 6) is -1.12. The minimum Gasteiger partial charge on any atom is -0.361 e. The van der Waals surface area contributed by atoms with E-state index in [1.807, 2.05) is 24.6 Å². The zero-order chi connectivity index (χ0) is 16.6. The molecular weight excluding hydrogens is 347 g/mol. The van der Waals surface area contributed by atoms with Crippen LogP contribution in [0.5, 0.6) is 0 Å². The topological polar surface area (TPSA) is 40.6 Å². The summed E-state index contributed by atoms with van der Waals surface area (Å²) < 4.78 is 0. The Morgan fingerprint density at radius 1 is 0.792 bits per heavy atom. The van der Waals surface area contributed by atoms with Gasteiger partial charge in [-0.15, -0.1) is 23.2 Å². The fourth-order valence-electron chi connectivity index (χ4n) is 4.93. The number of halogens is 2. The minimum atomic E-state index is -0.868. The average Bonchev–Trinajstić information content (AvgIpc) is 2.62. The van der Waals surface area contributed by atoms with Gasteiger partial charge < -0.3 is 9.80 Å². The summed E-state index contributed by atoms with van der Waals surface area (Å²) >= 11 is 12.9. The van der Waals surface area contributed by atoms with Crippen LogP contribution >= 0.6 is 23.2 Å². The SMILES string of the molecule is O=C1C(=O)C(Cl)C2C(C1Cl)N1C=CC=C3CCC4=CC=CN2C4C31. The Morgan fingerprint density at radius 2 is 1.21 bits per heavy atom. The Bertz CT molecular complexity index is 705. The van der Waals surface area contributed by atoms with Gasteiger partial charge in [0.15, 0.2) is 0 Å². The first-order chi connectivity index (χ1) is 11.6. The standard InChI is InChI=1S/C18H16Cl2N2O2/c19-11-15-16(12(20)18(24)17(11)23)22-8-2-4-10-6-5-9-3-1-7-21(15)13(9)14(10)22/h1-4,7-8,11-16H,5-6H2. The second-order valence-electron chi connectivity index (χ2n) is 6.96. The lowest BCUT2D eigenvalue weighted by Crippen LogP contribution is -2.76. The summed E-state index contributed by atoms with van der Waals surface area (Å²) in [5.41, 5.74) is 2.72. The van der Waals surface area contributed by atoms with Crippen LogP contribution in [0.1, 0.15) is 12.8 Å². The third-order valence-corrected chi connectivity index (χ3v) is 6.84. The van der Waals surface area contributed by atoms with Crippen LogP contribution in [0.2, 0.25) is 0 Å². The molecule has 0 aromatic carbocycles. The lowest BCUT2D eigenvalue weighted by Gasteiger charge is -2.62. The number of hydrogen-bond donors (Lipinski definition) is 0. The number of ketones is 2. The van der Waals surface area contributed by atoms with Crippen molar-refractivity contribution in [3.8, 4) is 0 Å². The van der Waals surface area contributed by atoms with Gasteiger partial charge in [0.1, 0.15) is 10.8 Å². The highest BCUT2D eigenvalue weighted by Gasteiger charge is 2.60. The van der Waals surface area contributed by atoms with Crippen LogP contribution in [-0.2, 0) is 9.59 Å². The van der Waals surface area contributed by atoms with E-state index in [1.54, 1.807) is 0 Å². The highest BCUT2D eigenvalue weighted by atomic mass is 35.5. The van der Waals surface area contributed by atoms with Crippen LogP contribution in [0, 0.1) is 0 Å². The third kappa shape index (κ3) is 1.71. The maximum atomic E-state index is 12.3. The number of piperazine rings is 1. The van der Waals surface area contributed by atoms with Gasteiger partial charge in [-0.05, 0) is 36.1 Å². The molecule has 3 aliphatic heterocycles. The molecule has 124 valence electrons. The van der Waals surface area contributed by atoms with Gasteiger partial charge in [-0.1, -0.05) is 12.2 Å². The van der Waals surface area contributed by atoms with Gasteiger partial charge in [-0.25, -0.2) is 0 Å². The van der Waals surface area contributed by atoms with Gasteiger partial charge in [-0.3, -0.25) is 9.59 Å².